The van der Waals surface area contributed by atoms with Crippen molar-refractivity contribution in [1.82, 2.24) is 19.7 Å². The van der Waals surface area contributed by atoms with E-state index in [1.165, 1.54) is 12.1 Å². The molecule has 0 aliphatic heterocycles. The number of halogens is 1. The lowest BCUT2D eigenvalue weighted by atomic mass is 10.3. The van der Waals surface area contributed by atoms with Crippen molar-refractivity contribution >= 4 is 28.5 Å². The molecule has 3 heterocycles. The molecule has 30 heavy (non-hydrogen) atoms. The summed E-state index contributed by atoms with van der Waals surface area (Å²) < 4.78 is 20.8. The molecule has 0 spiro atoms. The number of rotatable bonds is 6. The van der Waals surface area contributed by atoms with Gasteiger partial charge in [-0.05, 0) is 42.5 Å². The fourth-order valence-electron chi connectivity index (χ4n) is 3.12. The highest BCUT2D eigenvalue weighted by Crippen LogP contribution is 2.27. The second-order valence-electron chi connectivity index (χ2n) is 6.59. The topological polar surface area (TPSA) is 80.8 Å². The molecule has 0 aliphatic carbocycles. The number of nitrogens with zero attached hydrogens (tertiary/aromatic N) is 4. The number of fused-ring (bicyclic) bond motifs is 1. The fourth-order valence-corrected chi connectivity index (χ4v) is 3.12. The number of hydrogen-bond donors (Lipinski definition) is 2. The summed E-state index contributed by atoms with van der Waals surface area (Å²) in [5.74, 6) is 1.35. The smallest absolute Gasteiger partial charge is 0.227 e. The highest BCUT2D eigenvalue weighted by molar-refractivity contribution is 5.90. The van der Waals surface area contributed by atoms with Gasteiger partial charge >= 0.3 is 0 Å². The molecule has 0 amide bonds. The summed E-state index contributed by atoms with van der Waals surface area (Å²) in [6.45, 7) is 0.428. The first-order valence-electron chi connectivity index (χ1n) is 9.36. The maximum atomic E-state index is 13.7. The van der Waals surface area contributed by atoms with Crippen LogP contribution in [0.5, 0.6) is 0 Å². The first-order chi connectivity index (χ1) is 14.8. The minimum absolute atomic E-state index is 0.332. The lowest BCUT2D eigenvalue weighted by molar-refractivity contribution is 0.517. The Kier molecular flexibility index (Phi) is 4.57. The zero-order chi connectivity index (χ0) is 20.3. The van der Waals surface area contributed by atoms with Crippen molar-refractivity contribution in [2.45, 2.75) is 6.54 Å². The van der Waals surface area contributed by atoms with Gasteiger partial charge in [0, 0.05) is 5.69 Å². The minimum atomic E-state index is -0.332. The monoisotopic (exact) mass is 400 g/mol. The highest BCUT2D eigenvalue weighted by atomic mass is 19.1. The van der Waals surface area contributed by atoms with Crippen molar-refractivity contribution in [3.05, 3.63) is 90.8 Å². The van der Waals surface area contributed by atoms with Crippen LogP contribution < -0.4 is 10.6 Å². The predicted molar refractivity (Wildman–Crippen MR) is 112 cm³/mol. The molecular formula is C22H17FN6O. The molecular weight excluding hydrogens is 383 g/mol. The number of anilines is 3. The Bertz CT molecular complexity index is 1280. The van der Waals surface area contributed by atoms with Crippen LogP contribution in [0, 0.1) is 5.82 Å². The van der Waals surface area contributed by atoms with Crippen LogP contribution >= 0.6 is 0 Å². The van der Waals surface area contributed by atoms with Gasteiger partial charge in [0.05, 0.1) is 30.1 Å². The zero-order valence-electron chi connectivity index (χ0n) is 15.8. The summed E-state index contributed by atoms with van der Waals surface area (Å²) in [4.78, 5) is 9.23. The summed E-state index contributed by atoms with van der Waals surface area (Å²) in [7, 11) is 0. The highest BCUT2D eigenvalue weighted by Gasteiger charge is 2.15. The third-order valence-electron chi connectivity index (χ3n) is 4.52. The quantitative estimate of drug-likeness (QED) is 0.422. The van der Waals surface area contributed by atoms with Gasteiger partial charge in [-0.2, -0.15) is 15.1 Å². The summed E-state index contributed by atoms with van der Waals surface area (Å²) in [6, 6.07) is 19.6. The lowest BCUT2D eigenvalue weighted by Crippen LogP contribution is -2.07. The number of furan rings is 1. The third kappa shape index (κ3) is 3.58. The minimum Gasteiger partial charge on any atom is -0.467 e. The fraction of sp³-hybridized carbons (Fsp3) is 0.0455. The Morgan fingerprint density at radius 2 is 1.87 bits per heavy atom. The molecule has 5 rings (SSSR count). The third-order valence-corrected chi connectivity index (χ3v) is 4.52. The average Bonchev–Trinajstić information content (AvgIpc) is 3.43. The van der Waals surface area contributed by atoms with E-state index in [0.717, 1.165) is 11.4 Å². The van der Waals surface area contributed by atoms with Crippen molar-refractivity contribution in [2.75, 3.05) is 10.6 Å². The second kappa shape index (κ2) is 7.67. The molecule has 8 heteroatoms. The van der Waals surface area contributed by atoms with Crippen LogP contribution in [-0.4, -0.2) is 19.7 Å². The normalized spacial score (nSPS) is 11.0. The molecule has 0 atom stereocenters. The SMILES string of the molecule is Fc1cccc(Nc2nc(NCc3ccco3)nc3c2cnn3-c2ccccc2)c1. The van der Waals surface area contributed by atoms with Gasteiger partial charge in [-0.15, -0.1) is 0 Å². The molecule has 0 saturated carbocycles. The molecule has 0 bridgehead atoms. The number of nitrogens with one attached hydrogen (secondary N) is 2. The van der Waals surface area contributed by atoms with Crippen molar-refractivity contribution in [1.29, 1.82) is 0 Å². The van der Waals surface area contributed by atoms with Crippen LogP contribution in [0.2, 0.25) is 0 Å². The van der Waals surface area contributed by atoms with Gasteiger partial charge in [0.2, 0.25) is 5.95 Å². The standard InChI is InChI=1S/C22H17FN6O/c23-15-6-4-7-16(12-15)26-20-19-14-25-29(17-8-2-1-3-9-17)21(19)28-22(27-20)24-13-18-10-5-11-30-18/h1-12,14H,13H2,(H2,24,26,27,28). The van der Waals surface area contributed by atoms with E-state index in [1.807, 2.05) is 42.5 Å². The Morgan fingerprint density at radius 1 is 0.967 bits per heavy atom. The van der Waals surface area contributed by atoms with Crippen molar-refractivity contribution in [2.24, 2.45) is 0 Å². The summed E-state index contributed by atoms with van der Waals surface area (Å²) in [6.07, 6.45) is 3.31. The molecule has 3 aromatic heterocycles. The first kappa shape index (κ1) is 17.9. The molecule has 0 saturated heterocycles. The van der Waals surface area contributed by atoms with Crippen molar-refractivity contribution in [3.63, 3.8) is 0 Å². The molecule has 7 nitrogen and oxygen atoms in total. The van der Waals surface area contributed by atoms with E-state index >= 15 is 0 Å². The number of para-hydroxylation sites is 1. The van der Waals surface area contributed by atoms with Gasteiger partial charge in [-0.25, -0.2) is 9.07 Å². The van der Waals surface area contributed by atoms with Crippen molar-refractivity contribution < 1.29 is 8.81 Å². The van der Waals surface area contributed by atoms with Gasteiger partial charge in [-0.3, -0.25) is 0 Å². The summed E-state index contributed by atoms with van der Waals surface area (Å²) in [5.41, 5.74) is 2.08. The van der Waals surface area contributed by atoms with Gasteiger partial charge in [0.15, 0.2) is 5.65 Å². The Hall–Kier alpha value is -4.20. The molecule has 0 aliphatic rings. The Balaban J connectivity index is 1.58. The van der Waals surface area contributed by atoms with E-state index in [9.17, 15) is 4.39 Å². The van der Waals surface area contributed by atoms with E-state index in [2.05, 4.69) is 25.7 Å². The molecule has 0 fully saturated rings. The molecule has 5 aromatic rings. The first-order valence-corrected chi connectivity index (χ1v) is 9.36. The average molecular weight is 400 g/mol. The van der Waals surface area contributed by atoms with E-state index in [0.29, 0.717) is 35.0 Å². The van der Waals surface area contributed by atoms with E-state index in [4.69, 9.17) is 4.42 Å². The van der Waals surface area contributed by atoms with Crippen LogP contribution in [0.25, 0.3) is 16.7 Å². The number of aromatic nitrogens is 4. The van der Waals surface area contributed by atoms with Crippen LogP contribution in [0.15, 0.2) is 83.6 Å². The summed E-state index contributed by atoms with van der Waals surface area (Å²) in [5, 5.41) is 11.6. The van der Waals surface area contributed by atoms with E-state index < -0.39 is 0 Å². The van der Waals surface area contributed by atoms with Gasteiger partial charge < -0.3 is 15.1 Å². The van der Waals surface area contributed by atoms with E-state index in [1.54, 1.807) is 29.3 Å². The molecule has 2 N–H and O–H groups in total. The van der Waals surface area contributed by atoms with Crippen LogP contribution in [-0.2, 0) is 6.54 Å². The Morgan fingerprint density at radius 3 is 2.67 bits per heavy atom. The number of benzene rings is 2. The molecule has 2 aromatic carbocycles. The van der Waals surface area contributed by atoms with Gasteiger partial charge in [0.25, 0.3) is 0 Å². The second-order valence-corrected chi connectivity index (χ2v) is 6.59. The van der Waals surface area contributed by atoms with Crippen LogP contribution in [0.3, 0.4) is 0 Å². The number of hydrogen-bond acceptors (Lipinski definition) is 6. The predicted octanol–water partition coefficient (Wildman–Crippen LogP) is 4.90. The van der Waals surface area contributed by atoms with Crippen LogP contribution in [0.1, 0.15) is 5.76 Å². The summed E-state index contributed by atoms with van der Waals surface area (Å²) >= 11 is 0. The Labute approximate surface area is 171 Å². The maximum absolute atomic E-state index is 13.7. The van der Waals surface area contributed by atoms with Gasteiger partial charge in [0.1, 0.15) is 17.4 Å². The van der Waals surface area contributed by atoms with E-state index in [-0.39, 0.29) is 5.82 Å². The lowest BCUT2D eigenvalue weighted by Gasteiger charge is -2.11. The molecule has 148 valence electrons. The largest absolute Gasteiger partial charge is 0.467 e. The van der Waals surface area contributed by atoms with Gasteiger partial charge in [-0.1, -0.05) is 24.3 Å². The van der Waals surface area contributed by atoms with Crippen molar-refractivity contribution in [3.8, 4) is 5.69 Å². The molecule has 0 unspecified atom stereocenters. The van der Waals surface area contributed by atoms with Crippen LogP contribution in [0.4, 0.5) is 21.8 Å². The molecule has 0 radical (unpaired) electrons. The maximum Gasteiger partial charge on any atom is 0.227 e. The zero-order valence-corrected chi connectivity index (χ0v) is 15.8.